The highest BCUT2D eigenvalue weighted by Crippen LogP contribution is 2.31. The van der Waals surface area contributed by atoms with Gasteiger partial charge in [0.25, 0.3) is 0 Å². The summed E-state index contributed by atoms with van der Waals surface area (Å²) in [6.45, 7) is 6.21. The molecule has 0 radical (unpaired) electrons. The van der Waals surface area contributed by atoms with E-state index in [0.717, 1.165) is 47.6 Å². The van der Waals surface area contributed by atoms with E-state index in [1.807, 2.05) is 20.0 Å². The second-order valence-corrected chi connectivity index (χ2v) is 5.72. The van der Waals surface area contributed by atoms with Gasteiger partial charge in [-0.3, -0.25) is 9.38 Å². The average Bonchev–Trinajstić information content (AvgIpc) is 2.69. The zero-order valence-corrected chi connectivity index (χ0v) is 12.3. The van der Waals surface area contributed by atoms with Crippen molar-refractivity contribution in [3.05, 3.63) is 27.9 Å². The summed E-state index contributed by atoms with van der Waals surface area (Å²) in [6.07, 6.45) is 4.37. The number of halogens is 1. The minimum atomic E-state index is 0.556. The predicted octanol–water partition coefficient (Wildman–Crippen LogP) is 2.58. The van der Waals surface area contributed by atoms with Crippen LogP contribution in [0.2, 0.25) is 0 Å². The van der Waals surface area contributed by atoms with Crippen LogP contribution in [0.1, 0.15) is 35.8 Å². The highest BCUT2D eigenvalue weighted by Gasteiger charge is 2.22. The number of fused-ring (bicyclic) bond motifs is 1. The first kappa shape index (κ1) is 12.1. The van der Waals surface area contributed by atoms with Gasteiger partial charge in [0.05, 0.1) is 17.1 Å². The first-order chi connectivity index (χ1) is 8.66. The number of aromatic nitrogens is 3. The molecule has 0 amide bonds. The van der Waals surface area contributed by atoms with Crippen LogP contribution in [0.3, 0.4) is 0 Å². The molecule has 2 aromatic rings. The molecule has 3 rings (SSSR count). The molecule has 2 aromatic heterocycles. The Morgan fingerprint density at radius 3 is 2.72 bits per heavy atom. The van der Waals surface area contributed by atoms with E-state index in [4.69, 9.17) is 4.98 Å². The van der Waals surface area contributed by atoms with Gasteiger partial charge in [-0.15, -0.1) is 0 Å². The van der Waals surface area contributed by atoms with Crippen LogP contribution in [0.15, 0.2) is 10.8 Å². The molecule has 1 N–H and O–H groups in total. The van der Waals surface area contributed by atoms with E-state index in [1.54, 1.807) is 0 Å². The molecule has 1 fully saturated rings. The molecule has 3 heterocycles. The van der Waals surface area contributed by atoms with Crippen LogP contribution in [-0.4, -0.2) is 27.5 Å². The summed E-state index contributed by atoms with van der Waals surface area (Å²) in [5, 5.41) is 3.40. The number of nitrogens with zero attached hydrogens (tertiary/aromatic N) is 3. The maximum atomic E-state index is 4.80. The molecule has 0 spiro atoms. The molecule has 0 aromatic carbocycles. The Morgan fingerprint density at radius 1 is 1.28 bits per heavy atom. The van der Waals surface area contributed by atoms with Crippen molar-refractivity contribution in [3.8, 4) is 0 Å². The fourth-order valence-corrected chi connectivity index (χ4v) is 3.37. The van der Waals surface area contributed by atoms with E-state index >= 15 is 0 Å². The Balaban J connectivity index is 2.13. The van der Waals surface area contributed by atoms with Crippen LogP contribution in [-0.2, 0) is 0 Å². The summed E-state index contributed by atoms with van der Waals surface area (Å²) >= 11 is 3.71. The average molecular weight is 309 g/mol. The third kappa shape index (κ3) is 1.95. The van der Waals surface area contributed by atoms with Crippen LogP contribution < -0.4 is 5.32 Å². The van der Waals surface area contributed by atoms with E-state index in [-0.39, 0.29) is 0 Å². The summed E-state index contributed by atoms with van der Waals surface area (Å²) in [6, 6.07) is 0. The van der Waals surface area contributed by atoms with Crippen LogP contribution in [0.25, 0.3) is 5.65 Å². The highest BCUT2D eigenvalue weighted by molar-refractivity contribution is 9.10. The highest BCUT2D eigenvalue weighted by atomic mass is 79.9. The van der Waals surface area contributed by atoms with Gasteiger partial charge in [0.1, 0.15) is 4.60 Å². The molecular weight excluding hydrogens is 292 g/mol. The summed E-state index contributed by atoms with van der Waals surface area (Å²) in [4.78, 5) is 9.29. The first-order valence-electron chi connectivity index (χ1n) is 6.39. The molecule has 0 aliphatic carbocycles. The Hall–Kier alpha value is -0.940. The Labute approximate surface area is 115 Å². The van der Waals surface area contributed by atoms with Gasteiger partial charge in [-0.05, 0) is 55.7 Å². The number of aryl methyl sites for hydroxylation is 2. The summed E-state index contributed by atoms with van der Waals surface area (Å²) in [5.41, 5.74) is 4.18. The molecule has 5 heteroatoms. The maximum absolute atomic E-state index is 4.80. The summed E-state index contributed by atoms with van der Waals surface area (Å²) in [7, 11) is 0. The second-order valence-electron chi connectivity index (χ2n) is 4.97. The molecule has 0 bridgehead atoms. The fraction of sp³-hybridized carbons (Fsp3) is 0.538. The molecule has 96 valence electrons. The lowest BCUT2D eigenvalue weighted by Crippen LogP contribution is -2.26. The zero-order chi connectivity index (χ0) is 12.7. The minimum Gasteiger partial charge on any atom is -0.317 e. The Bertz CT molecular complexity index is 584. The number of hydrogen-bond acceptors (Lipinski definition) is 3. The van der Waals surface area contributed by atoms with Crippen molar-refractivity contribution >= 4 is 21.6 Å². The smallest absolute Gasteiger partial charge is 0.159 e. The molecule has 0 atom stereocenters. The lowest BCUT2D eigenvalue weighted by molar-refractivity contribution is 0.453. The van der Waals surface area contributed by atoms with Gasteiger partial charge in [0.15, 0.2) is 5.65 Å². The van der Waals surface area contributed by atoms with E-state index in [2.05, 4.69) is 30.6 Å². The Morgan fingerprint density at radius 2 is 2.00 bits per heavy atom. The monoisotopic (exact) mass is 308 g/mol. The number of imidazole rings is 1. The van der Waals surface area contributed by atoms with Gasteiger partial charge in [-0.1, -0.05) is 0 Å². The quantitative estimate of drug-likeness (QED) is 0.880. The summed E-state index contributed by atoms with van der Waals surface area (Å²) in [5.74, 6) is 0.556. The van der Waals surface area contributed by atoms with Gasteiger partial charge in [-0.2, -0.15) is 0 Å². The molecule has 1 aliphatic heterocycles. The summed E-state index contributed by atoms with van der Waals surface area (Å²) < 4.78 is 3.22. The van der Waals surface area contributed by atoms with E-state index < -0.39 is 0 Å². The molecule has 0 unspecified atom stereocenters. The SMILES string of the molecule is Cc1cn2c(Br)c(C3CCNCC3)nc2c(C)n1. The standard InChI is InChI=1S/C13H17BrN4/c1-8-7-18-12(14)11(10-3-5-15-6-4-10)17-13(18)9(2)16-8/h7,10,15H,3-6H2,1-2H3. The molecule has 18 heavy (non-hydrogen) atoms. The van der Waals surface area contributed by atoms with Crippen molar-refractivity contribution < 1.29 is 0 Å². The number of rotatable bonds is 1. The van der Waals surface area contributed by atoms with Crippen LogP contribution in [0.5, 0.6) is 0 Å². The van der Waals surface area contributed by atoms with E-state index in [1.165, 1.54) is 5.69 Å². The van der Waals surface area contributed by atoms with E-state index in [9.17, 15) is 0 Å². The normalized spacial score (nSPS) is 17.5. The van der Waals surface area contributed by atoms with Crippen LogP contribution in [0, 0.1) is 13.8 Å². The van der Waals surface area contributed by atoms with Gasteiger partial charge in [0.2, 0.25) is 0 Å². The van der Waals surface area contributed by atoms with Crippen molar-refractivity contribution in [1.82, 2.24) is 19.7 Å². The lowest BCUT2D eigenvalue weighted by Gasteiger charge is -2.21. The third-order valence-corrected chi connectivity index (χ3v) is 4.38. The van der Waals surface area contributed by atoms with Crippen molar-refractivity contribution in [2.24, 2.45) is 0 Å². The largest absolute Gasteiger partial charge is 0.317 e. The first-order valence-corrected chi connectivity index (χ1v) is 7.18. The lowest BCUT2D eigenvalue weighted by atomic mass is 9.95. The molecule has 1 aliphatic rings. The van der Waals surface area contributed by atoms with Crippen molar-refractivity contribution in [3.63, 3.8) is 0 Å². The second kappa shape index (κ2) is 4.63. The third-order valence-electron chi connectivity index (χ3n) is 3.59. The van der Waals surface area contributed by atoms with Crippen LogP contribution >= 0.6 is 15.9 Å². The van der Waals surface area contributed by atoms with Crippen LogP contribution in [0.4, 0.5) is 0 Å². The van der Waals surface area contributed by atoms with Gasteiger partial charge >= 0.3 is 0 Å². The molecule has 0 saturated carbocycles. The van der Waals surface area contributed by atoms with Gasteiger partial charge in [0, 0.05) is 12.1 Å². The van der Waals surface area contributed by atoms with E-state index in [0.29, 0.717) is 5.92 Å². The number of piperidine rings is 1. The minimum absolute atomic E-state index is 0.556. The topological polar surface area (TPSA) is 42.2 Å². The number of nitrogens with one attached hydrogen (secondary N) is 1. The predicted molar refractivity (Wildman–Crippen MR) is 75.0 cm³/mol. The number of hydrogen-bond donors (Lipinski definition) is 1. The molecule has 1 saturated heterocycles. The van der Waals surface area contributed by atoms with Gasteiger partial charge in [-0.25, -0.2) is 4.98 Å². The molecular formula is C13H17BrN4. The van der Waals surface area contributed by atoms with Gasteiger partial charge < -0.3 is 5.32 Å². The zero-order valence-electron chi connectivity index (χ0n) is 10.7. The van der Waals surface area contributed by atoms with Crippen molar-refractivity contribution in [2.75, 3.05) is 13.1 Å². The maximum Gasteiger partial charge on any atom is 0.159 e. The van der Waals surface area contributed by atoms with Crippen molar-refractivity contribution in [2.45, 2.75) is 32.6 Å². The molecule has 4 nitrogen and oxygen atoms in total. The van der Waals surface area contributed by atoms with Crippen molar-refractivity contribution in [1.29, 1.82) is 0 Å². The fourth-order valence-electron chi connectivity index (χ4n) is 2.69. The Kier molecular flexibility index (Phi) is 3.11.